The van der Waals surface area contributed by atoms with E-state index >= 15 is 0 Å². The number of fused-ring (bicyclic) bond motifs is 2. The van der Waals surface area contributed by atoms with Crippen molar-refractivity contribution in [2.75, 3.05) is 101 Å². The maximum atomic E-state index is 13.8. The Kier molecular flexibility index (Phi) is 14.4. The van der Waals surface area contributed by atoms with E-state index in [0.717, 1.165) is 12.6 Å². The van der Waals surface area contributed by atoms with Crippen LogP contribution < -0.4 is 42.4 Å². The van der Waals surface area contributed by atoms with Gasteiger partial charge < -0.3 is 40.4 Å². The number of nitrogens with one attached hydrogen (secondary N) is 3. The van der Waals surface area contributed by atoms with Crippen LogP contribution in [0.4, 0.5) is 38.5 Å². The van der Waals surface area contributed by atoms with Gasteiger partial charge >= 0.3 is 0 Å². The van der Waals surface area contributed by atoms with Gasteiger partial charge in [0.2, 0.25) is 20.0 Å². The Bertz CT molecular complexity index is 3150. The number of nitrogens with zero attached hydrogens (tertiary/aromatic N) is 4. The van der Waals surface area contributed by atoms with E-state index in [9.17, 15) is 50.6 Å². The van der Waals surface area contributed by atoms with E-state index in [-0.39, 0.29) is 99.8 Å². The Morgan fingerprint density at radius 2 is 1.10 bits per heavy atom. The molecule has 5 aromatic carbocycles. The van der Waals surface area contributed by atoms with Gasteiger partial charge in [0.15, 0.2) is 17.2 Å². The third-order valence-electron chi connectivity index (χ3n) is 12.0. The molecule has 4 aliphatic rings. The third-order valence-corrected chi connectivity index (χ3v) is 17.1. The molecule has 5 aromatic rings. The first-order chi connectivity index (χ1) is 32.3. The van der Waals surface area contributed by atoms with Crippen molar-refractivity contribution in [3.63, 3.8) is 0 Å². The lowest BCUT2D eigenvalue weighted by Crippen LogP contribution is -2.59. The fourth-order valence-electron chi connectivity index (χ4n) is 8.32. The Labute approximate surface area is 402 Å². The molecule has 0 saturated carbocycles. The summed E-state index contributed by atoms with van der Waals surface area (Å²) in [5, 5.41) is 28.9. The molecule has 0 amide bonds. The molecule has 4 heterocycles. The average molecular weight is 1040 g/mol. The highest BCUT2D eigenvalue weighted by Gasteiger charge is 2.40. The van der Waals surface area contributed by atoms with E-state index in [1.807, 2.05) is 0 Å². The van der Waals surface area contributed by atoms with Gasteiger partial charge in [0.05, 0.1) is 65.2 Å². The molecule has 20 nitrogen and oxygen atoms in total. The molecular formula is C42H43Cl3FN7O13S2. The van der Waals surface area contributed by atoms with Crippen LogP contribution in [0, 0.1) is 5.82 Å². The van der Waals surface area contributed by atoms with Gasteiger partial charge in [-0.05, 0) is 43.3 Å². The van der Waals surface area contributed by atoms with Crippen LogP contribution in [0.25, 0.3) is 0 Å². The zero-order valence-electron chi connectivity index (χ0n) is 35.9. The molecule has 0 aromatic heterocycles. The minimum atomic E-state index is -4.23. The summed E-state index contributed by atoms with van der Waals surface area (Å²) in [5.74, 6) is -2.23. The van der Waals surface area contributed by atoms with Crippen molar-refractivity contribution in [3.05, 3.63) is 104 Å². The fraction of sp³-hybridized carbons (Fsp3) is 0.381. The van der Waals surface area contributed by atoms with Crippen LogP contribution in [0.2, 0.25) is 15.1 Å². The lowest BCUT2D eigenvalue weighted by Gasteiger charge is -2.43. The van der Waals surface area contributed by atoms with Crippen LogP contribution in [-0.4, -0.2) is 143 Å². The number of ether oxygens (including phenoxy) is 3. The van der Waals surface area contributed by atoms with Gasteiger partial charge in [0, 0.05) is 64.4 Å². The fourth-order valence-corrected chi connectivity index (χ4v) is 12.6. The number of aromatic hydroxyl groups is 2. The van der Waals surface area contributed by atoms with E-state index in [2.05, 4.69) is 25.8 Å². The maximum absolute atomic E-state index is 13.8. The molecule has 4 aliphatic heterocycles. The second kappa shape index (κ2) is 19.8. The highest BCUT2D eigenvalue weighted by atomic mass is 35.5. The summed E-state index contributed by atoms with van der Waals surface area (Å²) < 4.78 is 86.1. The number of hydrogen-bond donors (Lipinski definition) is 5. The van der Waals surface area contributed by atoms with E-state index < -0.39 is 68.9 Å². The van der Waals surface area contributed by atoms with Gasteiger partial charge in [-0.15, -0.1) is 0 Å². The molecule has 2 atom stereocenters. The molecule has 0 spiro atoms. The first-order valence-corrected chi connectivity index (χ1v) is 25.1. The molecule has 5 N–H and O–H groups in total. The summed E-state index contributed by atoms with van der Waals surface area (Å²) in [4.78, 5) is 51.4. The maximum Gasteiger partial charge on any atom is 0.272 e. The summed E-state index contributed by atoms with van der Waals surface area (Å²) in [7, 11) is -8.37. The molecule has 364 valence electrons. The first kappa shape index (κ1) is 49.5. The highest BCUT2D eigenvalue weighted by Crippen LogP contribution is 2.43. The number of halogens is 4. The van der Waals surface area contributed by atoms with Crippen molar-refractivity contribution < 1.29 is 45.6 Å². The number of phenols is 2. The van der Waals surface area contributed by atoms with Gasteiger partial charge in [-0.25, -0.2) is 21.2 Å². The second-order valence-corrected chi connectivity index (χ2v) is 20.9. The van der Waals surface area contributed by atoms with Crippen molar-refractivity contribution in [1.29, 1.82) is 0 Å². The van der Waals surface area contributed by atoms with Gasteiger partial charge in [-0.1, -0.05) is 40.9 Å². The number of benzene rings is 3. The summed E-state index contributed by atoms with van der Waals surface area (Å²) in [5.41, 5.74) is -4.19. The normalized spacial score (nSPS) is 19.7. The van der Waals surface area contributed by atoms with Crippen LogP contribution in [0.15, 0.2) is 71.4 Å². The number of hydrogen-bond acceptors (Lipinski definition) is 18. The largest absolute Gasteiger partial charge is 0.504 e. The minimum Gasteiger partial charge on any atom is -0.504 e. The van der Waals surface area contributed by atoms with Crippen LogP contribution in [0.5, 0.6) is 17.2 Å². The van der Waals surface area contributed by atoms with Crippen LogP contribution >= 0.6 is 34.8 Å². The highest BCUT2D eigenvalue weighted by molar-refractivity contribution is 7.89. The van der Waals surface area contributed by atoms with E-state index in [1.165, 1.54) is 45.0 Å². The van der Waals surface area contributed by atoms with E-state index in [4.69, 9.17) is 49.0 Å². The molecule has 4 saturated heterocycles. The molecule has 0 bridgehead atoms. The standard InChI is InChI=1S/C23H21Cl2FN4O6S.C19H22ClN3O7S/c24-13-4-5-16(28-19-18(21(32)22(19)33)27-15-3-1-2-14(26)17(15)25)20(31)23(13)37(34,35)30-7-6-29-8-9-36-11-12(29)10-30;1-2-30-18-14(16(25)17(18)26)21-13-4-3-12(20)19(15(13)24)31(27,28)23-6-5-22-7-8-29-10-11(22)9-23/h1-5,12,27-28,31H,6-11H2;3-4,11,21,24H,2,5-10H2,1H3. The number of anilines is 6. The van der Waals surface area contributed by atoms with Crippen molar-refractivity contribution in [2.24, 2.45) is 0 Å². The topological polar surface area (TPSA) is 254 Å². The SMILES string of the molecule is CCOc1c(Nc2ccc(Cl)c(S(=O)(=O)N3CCN4CCOCC4C3)c2O)c(=O)c1=O.O=c1c(Nc2ccc(Cl)c(S(=O)(=O)N3CCN4CCOCC4C3)c2O)c(Nc2cccc(F)c2Cl)c1=O. The number of morpholine rings is 2. The van der Waals surface area contributed by atoms with Gasteiger partial charge in [-0.2, -0.15) is 8.61 Å². The molecule has 2 unspecified atom stereocenters. The average Bonchev–Trinajstić information content (AvgIpc) is 3.33. The van der Waals surface area contributed by atoms with Gasteiger partial charge in [0.25, 0.3) is 21.7 Å². The molecule has 26 heteroatoms. The lowest BCUT2D eigenvalue weighted by molar-refractivity contribution is -0.0305. The van der Waals surface area contributed by atoms with E-state index in [1.54, 1.807) is 6.92 Å². The third kappa shape index (κ3) is 9.29. The minimum absolute atomic E-state index is 0.0475. The molecular weight excluding hydrogens is 1000 g/mol. The Morgan fingerprint density at radius 3 is 1.59 bits per heavy atom. The second-order valence-electron chi connectivity index (χ2n) is 16.0. The first-order valence-electron chi connectivity index (χ1n) is 21.1. The predicted octanol–water partition coefficient (Wildman–Crippen LogP) is 3.12. The Morgan fingerprint density at radius 1 is 0.647 bits per heavy atom. The Balaban J connectivity index is 0.000000187. The number of rotatable bonds is 12. The van der Waals surface area contributed by atoms with Crippen molar-refractivity contribution in [1.82, 2.24) is 18.4 Å². The van der Waals surface area contributed by atoms with Crippen molar-refractivity contribution in [3.8, 4) is 17.2 Å². The van der Waals surface area contributed by atoms with Gasteiger partial charge in [0.1, 0.15) is 32.7 Å². The molecule has 0 aliphatic carbocycles. The van der Waals surface area contributed by atoms with Gasteiger partial charge in [-0.3, -0.25) is 29.0 Å². The van der Waals surface area contributed by atoms with Crippen LogP contribution in [0.3, 0.4) is 0 Å². The van der Waals surface area contributed by atoms with Crippen molar-refractivity contribution in [2.45, 2.75) is 28.8 Å². The number of sulfonamides is 2. The van der Waals surface area contributed by atoms with Crippen LogP contribution in [0.1, 0.15) is 6.92 Å². The zero-order chi connectivity index (χ0) is 48.8. The molecule has 0 radical (unpaired) electrons. The number of piperazine rings is 2. The lowest BCUT2D eigenvalue weighted by atomic mass is 10.1. The Hall–Kier alpha value is -4.92. The zero-order valence-corrected chi connectivity index (χ0v) is 39.8. The summed E-state index contributed by atoms with van der Waals surface area (Å²) in [6.07, 6.45) is 0. The predicted molar refractivity (Wildman–Crippen MR) is 251 cm³/mol. The summed E-state index contributed by atoms with van der Waals surface area (Å²) in [6.45, 7) is 7.18. The summed E-state index contributed by atoms with van der Waals surface area (Å²) in [6, 6.07) is 8.89. The van der Waals surface area contributed by atoms with Crippen LogP contribution in [-0.2, 0) is 29.5 Å². The number of phenolic OH excluding ortho intramolecular Hbond substituents is 2. The molecule has 9 rings (SSSR count). The quantitative estimate of drug-likeness (QED) is 0.0889. The molecule has 4 fully saturated rings. The smallest absolute Gasteiger partial charge is 0.272 e. The summed E-state index contributed by atoms with van der Waals surface area (Å²) >= 11 is 18.3. The monoisotopic (exact) mass is 1040 g/mol. The van der Waals surface area contributed by atoms with E-state index in [0.29, 0.717) is 46.1 Å². The van der Waals surface area contributed by atoms with Crippen molar-refractivity contribution >= 4 is 89.0 Å². The molecule has 68 heavy (non-hydrogen) atoms.